The van der Waals surface area contributed by atoms with E-state index in [1.165, 1.54) is 12.1 Å². The molecule has 0 saturated carbocycles. The zero-order valence-corrected chi connectivity index (χ0v) is 25.2. The molecule has 0 radical (unpaired) electrons. The van der Waals surface area contributed by atoms with Crippen molar-refractivity contribution in [2.75, 3.05) is 7.05 Å². The summed E-state index contributed by atoms with van der Waals surface area (Å²) in [6.45, 7) is 6.50. The Morgan fingerprint density at radius 1 is 1.11 bits per heavy atom. The number of esters is 2. The Morgan fingerprint density at radius 3 is 2.36 bits per heavy atom. The maximum atomic E-state index is 13.0. The van der Waals surface area contributed by atoms with Crippen LogP contribution in [0, 0.1) is 5.92 Å². The van der Waals surface area contributed by atoms with Crippen molar-refractivity contribution < 1.29 is 58.9 Å². The molecule has 7 N–H and O–H groups in total. The molecule has 0 bridgehead atoms. The van der Waals surface area contributed by atoms with Crippen LogP contribution in [-0.2, 0) is 40.5 Å². The number of aliphatic hydroxyl groups is 3. The van der Waals surface area contributed by atoms with Crippen molar-refractivity contribution in [1.29, 1.82) is 0 Å². The summed E-state index contributed by atoms with van der Waals surface area (Å²) in [5.41, 5.74) is -1.11. The van der Waals surface area contributed by atoms with Crippen molar-refractivity contribution >= 4 is 23.8 Å². The predicted molar refractivity (Wildman–Crippen MR) is 151 cm³/mol. The van der Waals surface area contributed by atoms with Crippen molar-refractivity contribution in [3.05, 3.63) is 35.1 Å². The summed E-state index contributed by atoms with van der Waals surface area (Å²) < 4.78 is 16.5. The lowest BCUT2D eigenvalue weighted by molar-refractivity contribution is -0.177. The highest BCUT2D eigenvalue weighted by atomic mass is 16.6. The van der Waals surface area contributed by atoms with Crippen LogP contribution in [0.15, 0.2) is 24.0 Å². The number of rotatable bonds is 12. The van der Waals surface area contributed by atoms with Crippen molar-refractivity contribution in [3.63, 3.8) is 0 Å². The van der Waals surface area contributed by atoms with Crippen LogP contribution < -0.4 is 15.4 Å². The first kappa shape index (κ1) is 33.2. The minimum absolute atomic E-state index is 0.0187. The van der Waals surface area contributed by atoms with Crippen LogP contribution in [0.25, 0.3) is 0 Å². The number of amides is 1. The quantitative estimate of drug-likeness (QED) is 0.150. The van der Waals surface area contributed by atoms with E-state index in [-0.39, 0.29) is 36.0 Å². The molecule has 0 aromatic heterocycles. The van der Waals surface area contributed by atoms with Crippen LogP contribution in [0.1, 0.15) is 58.1 Å². The van der Waals surface area contributed by atoms with Gasteiger partial charge in [-0.2, -0.15) is 0 Å². The van der Waals surface area contributed by atoms with Gasteiger partial charge >= 0.3 is 17.9 Å². The Morgan fingerprint density at radius 2 is 1.77 bits per heavy atom. The van der Waals surface area contributed by atoms with Gasteiger partial charge in [0.25, 0.3) is 5.91 Å². The summed E-state index contributed by atoms with van der Waals surface area (Å²) in [5, 5.41) is 58.3. The molecule has 1 heterocycles. The molecule has 1 aliphatic heterocycles. The topological polar surface area (TPSA) is 221 Å². The van der Waals surface area contributed by atoms with Crippen LogP contribution in [-0.4, -0.2) is 98.5 Å². The third-order valence-corrected chi connectivity index (χ3v) is 8.89. The molecule has 2 aliphatic carbocycles. The summed E-state index contributed by atoms with van der Waals surface area (Å²) in [4.78, 5) is 49.4. The van der Waals surface area contributed by atoms with Gasteiger partial charge in [-0.15, -0.1) is 0 Å². The number of aliphatic carboxylic acids is 1. The second-order valence-corrected chi connectivity index (χ2v) is 12.0. The highest BCUT2D eigenvalue weighted by Crippen LogP contribution is 2.63. The minimum Gasteiger partial charge on any atom is -0.504 e. The molecule has 0 fully saturated rings. The highest BCUT2D eigenvalue weighted by Gasteiger charge is 2.69. The van der Waals surface area contributed by atoms with Crippen LogP contribution in [0.5, 0.6) is 11.5 Å². The largest absolute Gasteiger partial charge is 0.504 e. The van der Waals surface area contributed by atoms with Gasteiger partial charge in [0.1, 0.15) is 11.8 Å². The molecule has 1 aromatic carbocycles. The van der Waals surface area contributed by atoms with Gasteiger partial charge in [-0.05, 0) is 56.9 Å². The molecule has 14 heteroatoms. The zero-order chi connectivity index (χ0) is 32.7. The van der Waals surface area contributed by atoms with Crippen LogP contribution in [0.3, 0.4) is 0 Å². The van der Waals surface area contributed by atoms with Gasteiger partial charge in [-0.25, -0.2) is 14.4 Å². The molecule has 0 unspecified atom stereocenters. The predicted octanol–water partition coefficient (Wildman–Crippen LogP) is -0.224. The number of carboxylic acid groups (broad SMARTS) is 1. The summed E-state index contributed by atoms with van der Waals surface area (Å²) in [7, 11) is 1.72. The van der Waals surface area contributed by atoms with E-state index in [4.69, 9.17) is 14.2 Å². The zero-order valence-electron chi connectivity index (χ0n) is 25.2. The molecule has 1 aromatic rings. The standard InChI is InChI=1S/C30H40N2O12/c1-6-29-20-15-7-8-17(33)23(20)44-24(29)18(9-10-30(29,41)19(12-15)31-5)43-28(40)22(35)21(34)27(39)42-14(4)25(36)32-16(26(37)38)11-13(2)3/h7-9,13-14,16,19,21-22,24,31,33-35,41H,6,10-12H2,1-5H3,(H,32,36)(H,37,38)/t14-,16-,19+,21+,22+,24-,29-,30+/m0/s1. The number of benzene rings is 1. The monoisotopic (exact) mass is 620 g/mol. The Bertz CT molecular complexity index is 1360. The molecular formula is C30H40N2O12. The number of phenolic OH excluding ortho intramolecular Hbond substituents is 1. The van der Waals surface area contributed by atoms with E-state index in [1.807, 2.05) is 6.92 Å². The SMILES string of the molecule is CC[C@]12c3c4ccc(O)c3O[C@H]1C(OC(=O)[C@H](O)[C@@H](O)C(=O)O[C@@H](C)C(=O)N[C@@H](CC(C)C)C(=O)O)=CC[C@@]2(O)[C@H](NC)C4. The lowest BCUT2D eigenvalue weighted by atomic mass is 9.52. The van der Waals surface area contributed by atoms with E-state index in [0.717, 1.165) is 12.5 Å². The molecule has 4 rings (SSSR count). The fraction of sp³-hybridized carbons (Fsp3) is 0.600. The molecule has 8 atom stereocenters. The van der Waals surface area contributed by atoms with E-state index < -0.39 is 71.3 Å². The second-order valence-electron chi connectivity index (χ2n) is 12.0. The van der Waals surface area contributed by atoms with Gasteiger partial charge in [-0.1, -0.05) is 26.8 Å². The second kappa shape index (κ2) is 12.3. The number of carbonyl (C=O) groups excluding carboxylic acids is 3. The maximum absolute atomic E-state index is 13.0. The van der Waals surface area contributed by atoms with Crippen LogP contribution in [0.2, 0.25) is 0 Å². The average molecular weight is 621 g/mol. The number of aliphatic hydroxyl groups excluding tert-OH is 2. The first-order valence-electron chi connectivity index (χ1n) is 14.6. The molecule has 3 aliphatic rings. The van der Waals surface area contributed by atoms with Gasteiger partial charge in [0.15, 0.2) is 35.9 Å². The molecule has 14 nitrogen and oxygen atoms in total. The third-order valence-electron chi connectivity index (χ3n) is 8.89. The number of hydrogen-bond donors (Lipinski definition) is 7. The normalized spacial score (nSPS) is 27.6. The Kier molecular flexibility index (Phi) is 9.31. The van der Waals surface area contributed by atoms with Crippen molar-refractivity contribution in [2.24, 2.45) is 5.92 Å². The summed E-state index contributed by atoms with van der Waals surface area (Å²) in [6, 6.07) is 1.59. The van der Waals surface area contributed by atoms with Gasteiger partial charge in [-0.3, -0.25) is 4.79 Å². The smallest absolute Gasteiger partial charge is 0.343 e. The van der Waals surface area contributed by atoms with Crippen LogP contribution >= 0.6 is 0 Å². The van der Waals surface area contributed by atoms with E-state index in [2.05, 4.69) is 10.6 Å². The molecule has 0 spiro atoms. The molecular weight excluding hydrogens is 580 g/mol. The van der Waals surface area contributed by atoms with Gasteiger partial charge < -0.3 is 50.4 Å². The Hall–Kier alpha value is -3.72. The fourth-order valence-electron chi connectivity index (χ4n) is 6.69. The Balaban J connectivity index is 1.48. The lowest BCUT2D eigenvalue weighted by Gasteiger charge is -2.56. The number of phenols is 1. The molecule has 242 valence electrons. The number of likely N-dealkylation sites (N-methyl/N-ethyl adjacent to an activating group) is 1. The van der Waals surface area contributed by atoms with Crippen molar-refractivity contribution in [2.45, 2.75) is 101 Å². The number of aromatic hydroxyl groups is 1. The first-order valence-corrected chi connectivity index (χ1v) is 14.6. The highest BCUT2D eigenvalue weighted by molar-refractivity contribution is 5.90. The molecule has 1 amide bonds. The third kappa shape index (κ3) is 5.40. The molecule has 44 heavy (non-hydrogen) atoms. The summed E-state index contributed by atoms with van der Waals surface area (Å²) in [5.74, 6) is -5.32. The summed E-state index contributed by atoms with van der Waals surface area (Å²) >= 11 is 0. The van der Waals surface area contributed by atoms with E-state index in [0.29, 0.717) is 18.4 Å². The van der Waals surface area contributed by atoms with Crippen molar-refractivity contribution in [3.8, 4) is 11.5 Å². The number of carboxylic acids is 1. The van der Waals surface area contributed by atoms with Gasteiger partial charge in [0.05, 0.1) is 11.0 Å². The van der Waals surface area contributed by atoms with E-state index in [1.54, 1.807) is 27.0 Å². The number of carbonyl (C=O) groups is 4. The van der Waals surface area contributed by atoms with Crippen molar-refractivity contribution in [1.82, 2.24) is 10.6 Å². The fourth-order valence-corrected chi connectivity index (χ4v) is 6.69. The number of hydrogen-bond acceptors (Lipinski definition) is 12. The van der Waals surface area contributed by atoms with E-state index >= 15 is 0 Å². The molecule has 0 saturated heterocycles. The van der Waals surface area contributed by atoms with Gasteiger partial charge in [0, 0.05) is 18.0 Å². The average Bonchev–Trinajstić information content (AvgIpc) is 3.35. The maximum Gasteiger partial charge on any atom is 0.343 e. The number of nitrogens with one attached hydrogen (secondary N) is 2. The first-order chi connectivity index (χ1) is 20.6. The summed E-state index contributed by atoms with van der Waals surface area (Å²) in [6.07, 6.45) is -5.19. The number of ether oxygens (including phenoxy) is 3. The van der Waals surface area contributed by atoms with E-state index in [9.17, 15) is 44.7 Å². The minimum atomic E-state index is -2.45. The van der Waals surface area contributed by atoms with Crippen LogP contribution in [0.4, 0.5) is 0 Å². The lowest BCUT2D eigenvalue weighted by Crippen LogP contribution is -2.70. The van der Waals surface area contributed by atoms with Gasteiger partial charge in [0.2, 0.25) is 0 Å². The Labute approximate surface area is 254 Å².